The third-order valence-electron chi connectivity index (χ3n) is 9.42. The van der Waals surface area contributed by atoms with Crippen molar-refractivity contribution in [1.29, 1.82) is 0 Å². The molecule has 0 aliphatic carbocycles. The Labute approximate surface area is 246 Å². The first kappa shape index (κ1) is 26.9. The molecule has 2 amide bonds. The number of aromatic nitrogens is 2. The van der Waals surface area contributed by atoms with E-state index in [4.69, 9.17) is 4.98 Å². The largest absolute Gasteiger partial charge is 0.339 e. The van der Waals surface area contributed by atoms with Gasteiger partial charge in [0.2, 0.25) is 5.95 Å². The van der Waals surface area contributed by atoms with Crippen molar-refractivity contribution in [3.8, 4) is 0 Å². The summed E-state index contributed by atoms with van der Waals surface area (Å²) in [6.45, 7) is 8.86. The monoisotopic (exact) mass is 566 g/mol. The van der Waals surface area contributed by atoms with E-state index in [1.807, 2.05) is 42.2 Å². The molecule has 0 radical (unpaired) electrons. The van der Waals surface area contributed by atoms with E-state index in [9.17, 15) is 9.59 Å². The molecule has 0 unspecified atom stereocenters. The summed E-state index contributed by atoms with van der Waals surface area (Å²) in [5, 5.41) is 3.36. The molecule has 42 heavy (non-hydrogen) atoms. The number of rotatable bonds is 4. The summed E-state index contributed by atoms with van der Waals surface area (Å²) in [5.41, 5.74) is 6.00. The summed E-state index contributed by atoms with van der Waals surface area (Å²) >= 11 is 0. The number of piperazine rings is 1. The fourth-order valence-corrected chi connectivity index (χ4v) is 6.85. The molecule has 7 rings (SSSR count). The maximum atomic E-state index is 13.4. The molecule has 4 aliphatic rings. The summed E-state index contributed by atoms with van der Waals surface area (Å²) in [4.78, 5) is 46.8. The van der Waals surface area contributed by atoms with E-state index in [-0.39, 0.29) is 11.8 Å². The van der Waals surface area contributed by atoms with E-state index in [1.54, 1.807) is 18.1 Å². The third-order valence-corrected chi connectivity index (χ3v) is 9.42. The number of hydrogen-bond acceptors (Lipinski definition) is 8. The van der Waals surface area contributed by atoms with Crippen molar-refractivity contribution in [2.45, 2.75) is 32.2 Å². The van der Waals surface area contributed by atoms with Crippen LogP contribution < -0.4 is 15.1 Å². The number of para-hydroxylation sites is 1. The van der Waals surface area contributed by atoms with E-state index >= 15 is 0 Å². The quantitative estimate of drug-likeness (QED) is 0.512. The fraction of sp³-hybridized carbons (Fsp3) is 0.438. The van der Waals surface area contributed by atoms with Crippen LogP contribution in [0.4, 0.5) is 28.8 Å². The van der Waals surface area contributed by atoms with Crippen molar-refractivity contribution in [3.63, 3.8) is 0 Å². The first-order valence-corrected chi connectivity index (χ1v) is 15.0. The van der Waals surface area contributed by atoms with E-state index in [2.05, 4.69) is 38.1 Å². The molecule has 218 valence electrons. The second-order valence-electron chi connectivity index (χ2n) is 12.0. The molecule has 2 fully saturated rings. The normalized spacial score (nSPS) is 19.5. The van der Waals surface area contributed by atoms with Crippen LogP contribution >= 0.6 is 0 Å². The van der Waals surface area contributed by atoms with Crippen LogP contribution in [0.2, 0.25) is 0 Å². The van der Waals surface area contributed by atoms with Crippen LogP contribution in [0.5, 0.6) is 0 Å². The Balaban J connectivity index is 1.06. The van der Waals surface area contributed by atoms with Gasteiger partial charge >= 0.3 is 0 Å². The van der Waals surface area contributed by atoms with Gasteiger partial charge in [0.1, 0.15) is 5.69 Å². The summed E-state index contributed by atoms with van der Waals surface area (Å²) in [6.07, 6.45) is 4.65. The van der Waals surface area contributed by atoms with Gasteiger partial charge < -0.3 is 24.9 Å². The number of amides is 2. The molecule has 0 spiro atoms. The number of aryl methyl sites for hydroxylation is 1. The van der Waals surface area contributed by atoms with Gasteiger partial charge in [-0.25, -0.2) is 4.98 Å². The maximum Gasteiger partial charge on any atom is 0.260 e. The lowest BCUT2D eigenvalue weighted by Crippen LogP contribution is -2.52. The van der Waals surface area contributed by atoms with Crippen LogP contribution in [0.3, 0.4) is 0 Å². The second kappa shape index (κ2) is 10.7. The van der Waals surface area contributed by atoms with Gasteiger partial charge in [-0.15, -0.1) is 0 Å². The van der Waals surface area contributed by atoms with Gasteiger partial charge in [0.05, 0.1) is 17.4 Å². The van der Waals surface area contributed by atoms with Gasteiger partial charge in [-0.05, 0) is 68.6 Å². The molecular weight excluding hydrogens is 528 g/mol. The number of carbonyl (C=O) groups excluding carboxylic acids is 2. The van der Waals surface area contributed by atoms with Gasteiger partial charge in [-0.1, -0.05) is 12.1 Å². The zero-order chi connectivity index (χ0) is 29.0. The van der Waals surface area contributed by atoms with Gasteiger partial charge in [0, 0.05) is 70.2 Å². The average molecular weight is 567 g/mol. The predicted molar refractivity (Wildman–Crippen MR) is 164 cm³/mol. The number of carbonyl (C=O) groups is 2. The zero-order valence-corrected chi connectivity index (χ0v) is 24.6. The predicted octanol–water partition coefficient (Wildman–Crippen LogP) is 3.66. The zero-order valence-electron chi connectivity index (χ0n) is 24.6. The molecule has 0 atom stereocenters. The van der Waals surface area contributed by atoms with Crippen molar-refractivity contribution in [2.24, 2.45) is 0 Å². The first-order chi connectivity index (χ1) is 20.4. The van der Waals surface area contributed by atoms with E-state index in [0.717, 1.165) is 93.4 Å². The van der Waals surface area contributed by atoms with Crippen LogP contribution in [0, 0.1) is 6.92 Å². The van der Waals surface area contributed by atoms with Crippen molar-refractivity contribution in [3.05, 3.63) is 64.8 Å². The number of nitrogens with one attached hydrogen (secondary N) is 1. The number of hydrogen-bond donors (Lipinski definition) is 1. The smallest absolute Gasteiger partial charge is 0.260 e. The molecule has 2 aromatic carbocycles. The van der Waals surface area contributed by atoms with Gasteiger partial charge in [-0.2, -0.15) is 4.98 Å². The molecule has 10 heteroatoms. The van der Waals surface area contributed by atoms with Crippen molar-refractivity contribution in [2.75, 3.05) is 75.0 Å². The summed E-state index contributed by atoms with van der Waals surface area (Å²) in [5.74, 6) is 1.22. The number of likely N-dealkylation sites (tertiary alicyclic amines) is 1. The number of likely N-dealkylation sites (N-methyl/N-ethyl adjacent to an activating group) is 1. The van der Waals surface area contributed by atoms with Crippen LogP contribution in [0.1, 0.15) is 44.7 Å². The third kappa shape index (κ3) is 4.68. The van der Waals surface area contributed by atoms with Crippen LogP contribution in [0.25, 0.3) is 0 Å². The molecule has 0 saturated carbocycles. The standard InChI is InChI=1S/C32H38N8O2/c1-21-19-23(30(41)39-12-10-24(11-13-39)38-17-15-36(2)16-18-38)7-8-26(21)34-32-33-20-27-29(35-32)40-14-9-22-5-4-6-25(28(22)40)31(42)37(27)3/h4-8,19-20,24H,9-18H2,1-3H3,(H,33,34,35). The van der Waals surface area contributed by atoms with Gasteiger partial charge in [0.25, 0.3) is 11.8 Å². The highest BCUT2D eigenvalue weighted by molar-refractivity contribution is 6.14. The Bertz CT molecular complexity index is 1540. The number of benzene rings is 2. The van der Waals surface area contributed by atoms with Crippen molar-refractivity contribution >= 4 is 40.6 Å². The molecule has 2 saturated heterocycles. The van der Waals surface area contributed by atoms with E-state index in [0.29, 0.717) is 28.8 Å². The lowest BCUT2D eigenvalue weighted by Gasteiger charge is -2.42. The number of nitrogens with zero attached hydrogens (tertiary/aromatic N) is 7. The number of anilines is 5. The fourth-order valence-electron chi connectivity index (χ4n) is 6.85. The van der Waals surface area contributed by atoms with Crippen LogP contribution in [-0.4, -0.2) is 102 Å². The molecule has 1 aromatic heterocycles. The second-order valence-corrected chi connectivity index (χ2v) is 12.0. The highest BCUT2D eigenvalue weighted by Crippen LogP contribution is 2.44. The Hall–Kier alpha value is -4.02. The van der Waals surface area contributed by atoms with Gasteiger partial charge in [-0.3, -0.25) is 14.5 Å². The molecular formula is C32H38N8O2. The minimum atomic E-state index is -0.0542. The maximum absolute atomic E-state index is 13.4. The SMILES string of the molecule is Cc1cc(C(=O)N2CCC(N3CCN(C)CC3)CC2)ccc1Nc1ncc2c(n1)N1CCc3cccc(c31)C(=O)N2C. The lowest BCUT2D eigenvalue weighted by molar-refractivity contribution is 0.0518. The molecule has 3 aromatic rings. The lowest BCUT2D eigenvalue weighted by atomic mass is 10.0. The van der Waals surface area contributed by atoms with Crippen LogP contribution in [-0.2, 0) is 6.42 Å². The molecule has 1 N–H and O–H groups in total. The minimum absolute atomic E-state index is 0.0542. The van der Waals surface area contributed by atoms with E-state index in [1.165, 1.54) is 0 Å². The van der Waals surface area contributed by atoms with Gasteiger partial charge in [0.15, 0.2) is 5.82 Å². The summed E-state index contributed by atoms with van der Waals surface area (Å²) < 4.78 is 0. The number of fused-ring (bicyclic) bond motifs is 2. The highest BCUT2D eigenvalue weighted by Gasteiger charge is 2.35. The summed E-state index contributed by atoms with van der Waals surface area (Å²) in [7, 11) is 3.96. The Morgan fingerprint density at radius 1 is 0.976 bits per heavy atom. The topological polar surface area (TPSA) is 88.1 Å². The van der Waals surface area contributed by atoms with Crippen molar-refractivity contribution in [1.82, 2.24) is 24.7 Å². The minimum Gasteiger partial charge on any atom is -0.339 e. The average Bonchev–Trinajstić information content (AvgIpc) is 3.43. The molecule has 10 nitrogen and oxygen atoms in total. The Morgan fingerprint density at radius 3 is 2.52 bits per heavy atom. The highest BCUT2D eigenvalue weighted by atomic mass is 16.2. The number of piperidine rings is 1. The van der Waals surface area contributed by atoms with E-state index < -0.39 is 0 Å². The van der Waals surface area contributed by atoms with Crippen molar-refractivity contribution < 1.29 is 9.59 Å². The summed E-state index contributed by atoms with van der Waals surface area (Å²) in [6, 6.07) is 12.3. The van der Waals surface area contributed by atoms with Crippen LogP contribution in [0.15, 0.2) is 42.6 Å². The Morgan fingerprint density at radius 2 is 1.76 bits per heavy atom. The first-order valence-electron chi connectivity index (χ1n) is 15.0. The Kier molecular flexibility index (Phi) is 6.82. The molecule has 0 bridgehead atoms. The molecule has 4 aliphatic heterocycles. The molecule has 5 heterocycles.